The minimum absolute atomic E-state index is 0.00918. The van der Waals surface area contributed by atoms with E-state index in [2.05, 4.69) is 5.92 Å². The minimum Gasteiger partial charge on any atom is -0.345 e. The maximum Gasteiger partial charge on any atom is 0.253 e. The second kappa shape index (κ2) is 4.65. The van der Waals surface area contributed by atoms with Gasteiger partial charge in [-0.1, -0.05) is 18.1 Å². The molecule has 0 spiro atoms. The Labute approximate surface area is 90.9 Å². The number of terminal acetylenes is 1. The summed E-state index contributed by atoms with van der Waals surface area (Å²) in [6, 6.07) is 7.43. The molecule has 2 nitrogen and oxygen atoms in total. The van der Waals surface area contributed by atoms with Crippen molar-refractivity contribution in [3.63, 3.8) is 0 Å². The monoisotopic (exact) mass is 201 g/mol. The lowest BCUT2D eigenvalue weighted by molar-refractivity contribution is 0.0827. The van der Waals surface area contributed by atoms with Gasteiger partial charge in [-0.25, -0.2) is 0 Å². The molecular weight excluding hydrogens is 186 g/mol. The average molecular weight is 201 g/mol. The van der Waals surface area contributed by atoms with Gasteiger partial charge in [0, 0.05) is 25.6 Å². The van der Waals surface area contributed by atoms with E-state index < -0.39 is 0 Å². The lowest BCUT2D eigenvalue weighted by Gasteiger charge is -2.11. The third-order valence-electron chi connectivity index (χ3n) is 2.31. The summed E-state index contributed by atoms with van der Waals surface area (Å²) in [6.07, 6.45) is 5.32. The quantitative estimate of drug-likeness (QED) is 0.671. The van der Waals surface area contributed by atoms with Crippen LogP contribution in [0.4, 0.5) is 0 Å². The molecule has 1 aromatic rings. The standard InChI is InChI=1S/C13H15NO/c1-5-10(2)11-6-8-12(9-7-11)13(15)14(3)4/h1,6-10H,2-4H3. The minimum atomic E-state index is 0.00918. The summed E-state index contributed by atoms with van der Waals surface area (Å²) in [4.78, 5) is 13.1. The maximum absolute atomic E-state index is 11.6. The molecule has 0 radical (unpaired) electrons. The summed E-state index contributed by atoms with van der Waals surface area (Å²) in [5.74, 6) is 2.76. The molecule has 1 amide bonds. The molecule has 0 aromatic heterocycles. The van der Waals surface area contributed by atoms with Gasteiger partial charge in [0.05, 0.1) is 0 Å². The summed E-state index contributed by atoms with van der Waals surface area (Å²) in [5.41, 5.74) is 1.75. The van der Waals surface area contributed by atoms with Gasteiger partial charge in [-0.3, -0.25) is 4.79 Å². The number of nitrogens with zero attached hydrogens (tertiary/aromatic N) is 1. The number of benzene rings is 1. The number of carbonyl (C=O) groups is 1. The van der Waals surface area contributed by atoms with Gasteiger partial charge in [0.25, 0.3) is 5.91 Å². The third kappa shape index (κ3) is 2.60. The Morgan fingerprint density at radius 2 is 1.87 bits per heavy atom. The van der Waals surface area contributed by atoms with E-state index >= 15 is 0 Å². The molecule has 15 heavy (non-hydrogen) atoms. The van der Waals surface area contributed by atoms with Crippen molar-refractivity contribution in [1.29, 1.82) is 0 Å². The number of rotatable bonds is 2. The molecule has 78 valence electrons. The van der Waals surface area contributed by atoms with Gasteiger partial charge in [0.2, 0.25) is 0 Å². The summed E-state index contributed by atoms with van der Waals surface area (Å²) in [7, 11) is 3.47. The van der Waals surface area contributed by atoms with Crippen molar-refractivity contribution in [2.24, 2.45) is 0 Å². The zero-order chi connectivity index (χ0) is 11.4. The van der Waals surface area contributed by atoms with Crippen molar-refractivity contribution >= 4 is 5.91 Å². The Morgan fingerprint density at radius 1 is 1.33 bits per heavy atom. The highest BCUT2D eigenvalue weighted by Gasteiger charge is 2.08. The van der Waals surface area contributed by atoms with E-state index in [0.717, 1.165) is 5.56 Å². The van der Waals surface area contributed by atoms with Crippen molar-refractivity contribution in [2.45, 2.75) is 12.8 Å². The van der Waals surface area contributed by atoms with Crippen molar-refractivity contribution in [3.8, 4) is 12.3 Å². The van der Waals surface area contributed by atoms with Crippen LogP contribution < -0.4 is 0 Å². The normalized spacial score (nSPS) is 11.6. The van der Waals surface area contributed by atoms with E-state index in [1.54, 1.807) is 19.0 Å². The Hall–Kier alpha value is -1.75. The molecule has 0 saturated heterocycles. The number of hydrogen-bond acceptors (Lipinski definition) is 1. The van der Waals surface area contributed by atoms with E-state index in [4.69, 9.17) is 6.42 Å². The van der Waals surface area contributed by atoms with Gasteiger partial charge in [-0.2, -0.15) is 0 Å². The maximum atomic E-state index is 11.6. The summed E-state index contributed by atoms with van der Waals surface area (Å²) in [5, 5.41) is 0. The molecule has 0 saturated carbocycles. The Balaban J connectivity index is 2.91. The predicted octanol–water partition coefficient (Wildman–Crippen LogP) is 2.13. The van der Waals surface area contributed by atoms with Gasteiger partial charge in [0.1, 0.15) is 0 Å². The van der Waals surface area contributed by atoms with Crippen LogP contribution >= 0.6 is 0 Å². The fraction of sp³-hybridized carbons (Fsp3) is 0.308. The first-order valence-electron chi connectivity index (χ1n) is 4.84. The highest BCUT2D eigenvalue weighted by Crippen LogP contribution is 2.15. The molecule has 2 heteroatoms. The summed E-state index contributed by atoms with van der Waals surface area (Å²) in [6.45, 7) is 1.96. The van der Waals surface area contributed by atoms with Crippen molar-refractivity contribution in [1.82, 2.24) is 4.90 Å². The molecule has 1 rings (SSSR count). The molecule has 0 aliphatic carbocycles. The van der Waals surface area contributed by atoms with Crippen molar-refractivity contribution in [2.75, 3.05) is 14.1 Å². The molecule has 0 fully saturated rings. The van der Waals surface area contributed by atoms with Gasteiger partial charge >= 0.3 is 0 Å². The van der Waals surface area contributed by atoms with E-state index in [0.29, 0.717) is 5.56 Å². The number of carbonyl (C=O) groups excluding carboxylic acids is 1. The van der Waals surface area contributed by atoms with Gasteiger partial charge in [0.15, 0.2) is 0 Å². The highest BCUT2D eigenvalue weighted by atomic mass is 16.2. The van der Waals surface area contributed by atoms with Crippen LogP contribution in [0.3, 0.4) is 0 Å². The SMILES string of the molecule is C#CC(C)c1ccc(C(=O)N(C)C)cc1. The Bertz CT molecular complexity index is 384. The summed E-state index contributed by atoms with van der Waals surface area (Å²) < 4.78 is 0. The van der Waals surface area contributed by atoms with Crippen molar-refractivity contribution < 1.29 is 4.79 Å². The zero-order valence-corrected chi connectivity index (χ0v) is 9.32. The van der Waals surface area contributed by atoms with Crippen LogP contribution in [0, 0.1) is 12.3 Å². The van der Waals surface area contributed by atoms with Crippen LogP contribution in [-0.2, 0) is 0 Å². The molecule has 0 aliphatic heterocycles. The van der Waals surface area contributed by atoms with Crippen LogP contribution in [-0.4, -0.2) is 24.9 Å². The van der Waals surface area contributed by atoms with E-state index in [1.807, 2.05) is 31.2 Å². The topological polar surface area (TPSA) is 20.3 Å². The molecule has 0 bridgehead atoms. The Morgan fingerprint density at radius 3 is 2.27 bits per heavy atom. The van der Waals surface area contributed by atoms with Gasteiger partial charge in [-0.15, -0.1) is 6.42 Å². The first-order valence-corrected chi connectivity index (χ1v) is 4.84. The van der Waals surface area contributed by atoms with E-state index in [1.165, 1.54) is 0 Å². The third-order valence-corrected chi connectivity index (χ3v) is 2.31. The van der Waals surface area contributed by atoms with Crippen LogP contribution in [0.25, 0.3) is 0 Å². The summed E-state index contributed by atoms with van der Waals surface area (Å²) >= 11 is 0. The van der Waals surface area contributed by atoms with Gasteiger partial charge in [-0.05, 0) is 24.6 Å². The molecule has 1 atom stereocenters. The number of hydrogen-bond donors (Lipinski definition) is 0. The zero-order valence-electron chi connectivity index (χ0n) is 9.32. The predicted molar refractivity (Wildman–Crippen MR) is 61.7 cm³/mol. The van der Waals surface area contributed by atoms with Gasteiger partial charge < -0.3 is 4.90 Å². The molecule has 0 aliphatic rings. The fourth-order valence-electron chi connectivity index (χ4n) is 1.27. The largest absolute Gasteiger partial charge is 0.345 e. The highest BCUT2D eigenvalue weighted by molar-refractivity contribution is 5.93. The first-order chi connectivity index (χ1) is 7.06. The van der Waals surface area contributed by atoms with Crippen LogP contribution in [0.1, 0.15) is 28.8 Å². The molecular formula is C13H15NO. The second-order valence-electron chi connectivity index (χ2n) is 3.71. The lowest BCUT2D eigenvalue weighted by atomic mass is 10.0. The molecule has 0 heterocycles. The lowest BCUT2D eigenvalue weighted by Crippen LogP contribution is -2.21. The first kappa shape index (κ1) is 11.3. The number of amides is 1. The Kier molecular flexibility index (Phi) is 3.51. The second-order valence-corrected chi connectivity index (χ2v) is 3.71. The van der Waals surface area contributed by atoms with Crippen LogP contribution in [0.2, 0.25) is 0 Å². The molecule has 1 aromatic carbocycles. The van der Waals surface area contributed by atoms with E-state index in [-0.39, 0.29) is 11.8 Å². The molecule has 1 unspecified atom stereocenters. The van der Waals surface area contributed by atoms with E-state index in [9.17, 15) is 4.79 Å². The average Bonchev–Trinajstić information content (AvgIpc) is 2.27. The smallest absolute Gasteiger partial charge is 0.253 e. The molecule has 0 N–H and O–H groups in total. The fourth-order valence-corrected chi connectivity index (χ4v) is 1.27. The van der Waals surface area contributed by atoms with Crippen LogP contribution in [0.15, 0.2) is 24.3 Å². The van der Waals surface area contributed by atoms with Crippen molar-refractivity contribution in [3.05, 3.63) is 35.4 Å². The van der Waals surface area contributed by atoms with Crippen LogP contribution in [0.5, 0.6) is 0 Å².